The van der Waals surface area contributed by atoms with Crippen LogP contribution in [0, 0.1) is 5.82 Å². The van der Waals surface area contributed by atoms with Crippen molar-refractivity contribution < 1.29 is 27.9 Å². The number of carbonyl (C=O) groups is 3. The summed E-state index contributed by atoms with van der Waals surface area (Å²) in [4.78, 5) is 36.3. The lowest BCUT2D eigenvalue weighted by Gasteiger charge is -2.10. The molecule has 3 aromatic rings. The molecule has 1 aromatic heterocycles. The monoisotopic (exact) mass is 382 g/mol. The van der Waals surface area contributed by atoms with Crippen LogP contribution in [0.1, 0.15) is 20.9 Å². The van der Waals surface area contributed by atoms with Crippen molar-refractivity contribution in [1.82, 2.24) is 0 Å². The van der Waals surface area contributed by atoms with Crippen molar-refractivity contribution in [1.29, 1.82) is 0 Å². The van der Waals surface area contributed by atoms with Gasteiger partial charge in [0.25, 0.3) is 11.8 Å². The molecular weight excluding hydrogens is 367 g/mol. The van der Waals surface area contributed by atoms with Gasteiger partial charge < -0.3 is 19.8 Å². The molecule has 0 aliphatic heterocycles. The summed E-state index contributed by atoms with van der Waals surface area (Å²) in [5.41, 5.74) is 0.521. The van der Waals surface area contributed by atoms with E-state index in [2.05, 4.69) is 10.6 Å². The molecule has 0 fully saturated rings. The summed E-state index contributed by atoms with van der Waals surface area (Å²) in [5.74, 6) is -2.39. The second-order valence-corrected chi connectivity index (χ2v) is 5.61. The SMILES string of the molecule is O=C(COC(=O)c1ccccc1NC(=O)c1ccco1)Nc1cccc(F)c1. The number of esters is 1. The lowest BCUT2D eigenvalue weighted by molar-refractivity contribution is -0.119. The van der Waals surface area contributed by atoms with Crippen LogP contribution in [0.2, 0.25) is 0 Å². The zero-order valence-corrected chi connectivity index (χ0v) is 14.5. The maximum absolute atomic E-state index is 13.1. The minimum Gasteiger partial charge on any atom is -0.459 e. The first-order chi connectivity index (χ1) is 13.5. The van der Waals surface area contributed by atoms with Crippen molar-refractivity contribution in [3.8, 4) is 0 Å². The van der Waals surface area contributed by atoms with Crippen LogP contribution in [-0.2, 0) is 9.53 Å². The Balaban J connectivity index is 1.61. The molecule has 0 bridgehead atoms. The second-order valence-electron chi connectivity index (χ2n) is 5.61. The van der Waals surface area contributed by atoms with Crippen molar-refractivity contribution >= 4 is 29.2 Å². The quantitative estimate of drug-likeness (QED) is 0.636. The van der Waals surface area contributed by atoms with Crippen molar-refractivity contribution in [2.45, 2.75) is 0 Å². The Morgan fingerprint density at radius 3 is 2.54 bits per heavy atom. The first-order valence-corrected chi connectivity index (χ1v) is 8.19. The third-order valence-electron chi connectivity index (χ3n) is 3.58. The highest BCUT2D eigenvalue weighted by molar-refractivity contribution is 6.07. The van der Waals surface area contributed by atoms with Gasteiger partial charge in [-0.3, -0.25) is 9.59 Å². The molecule has 0 saturated heterocycles. The number of nitrogens with one attached hydrogen (secondary N) is 2. The van der Waals surface area contributed by atoms with Crippen LogP contribution in [0.25, 0.3) is 0 Å². The number of rotatable bonds is 6. The fraction of sp³-hybridized carbons (Fsp3) is 0.0500. The van der Waals surface area contributed by atoms with Gasteiger partial charge in [-0.05, 0) is 42.5 Å². The number of benzene rings is 2. The van der Waals surface area contributed by atoms with Crippen LogP contribution in [0.4, 0.5) is 15.8 Å². The smallest absolute Gasteiger partial charge is 0.340 e. The summed E-state index contributed by atoms with van der Waals surface area (Å²) in [7, 11) is 0. The predicted octanol–water partition coefficient (Wildman–Crippen LogP) is 3.47. The van der Waals surface area contributed by atoms with Crippen LogP contribution < -0.4 is 10.6 Å². The number of halogens is 1. The van der Waals surface area contributed by atoms with Gasteiger partial charge in [-0.2, -0.15) is 0 Å². The van der Waals surface area contributed by atoms with Gasteiger partial charge in [-0.25, -0.2) is 9.18 Å². The molecule has 3 rings (SSSR count). The van der Waals surface area contributed by atoms with Crippen molar-refractivity contribution in [2.24, 2.45) is 0 Å². The zero-order chi connectivity index (χ0) is 19.9. The highest BCUT2D eigenvalue weighted by Gasteiger charge is 2.17. The molecule has 0 saturated carbocycles. The zero-order valence-electron chi connectivity index (χ0n) is 14.5. The van der Waals surface area contributed by atoms with Crippen LogP contribution >= 0.6 is 0 Å². The number of amides is 2. The van der Waals surface area contributed by atoms with E-state index in [0.29, 0.717) is 0 Å². The van der Waals surface area contributed by atoms with Gasteiger partial charge in [-0.15, -0.1) is 0 Å². The first kappa shape index (κ1) is 18.8. The normalized spacial score (nSPS) is 10.2. The molecule has 0 aliphatic rings. The standard InChI is InChI=1S/C20H15FN2O5/c21-13-5-3-6-14(11-13)22-18(24)12-28-20(26)15-7-1-2-8-16(15)23-19(25)17-9-4-10-27-17/h1-11H,12H2,(H,22,24)(H,23,25). The lowest BCUT2D eigenvalue weighted by atomic mass is 10.1. The van der Waals surface area contributed by atoms with Gasteiger partial charge in [0.1, 0.15) is 5.82 Å². The largest absolute Gasteiger partial charge is 0.459 e. The number of hydrogen-bond acceptors (Lipinski definition) is 5. The van der Waals surface area contributed by atoms with E-state index in [9.17, 15) is 18.8 Å². The maximum atomic E-state index is 13.1. The molecule has 28 heavy (non-hydrogen) atoms. The van der Waals surface area contributed by atoms with E-state index in [1.54, 1.807) is 18.2 Å². The number of ether oxygens (including phenoxy) is 1. The lowest BCUT2D eigenvalue weighted by Crippen LogP contribution is -2.22. The van der Waals surface area contributed by atoms with Crippen LogP contribution in [0.5, 0.6) is 0 Å². The molecule has 2 amide bonds. The van der Waals surface area contributed by atoms with Gasteiger partial charge in [0.2, 0.25) is 0 Å². The van der Waals surface area contributed by atoms with Gasteiger partial charge in [0.05, 0.1) is 17.5 Å². The summed E-state index contributed by atoms with van der Waals surface area (Å²) in [6, 6.07) is 14.5. The Morgan fingerprint density at radius 2 is 1.79 bits per heavy atom. The second kappa shape index (κ2) is 8.63. The highest BCUT2D eigenvalue weighted by Crippen LogP contribution is 2.18. The number of anilines is 2. The summed E-state index contributed by atoms with van der Waals surface area (Å²) >= 11 is 0. The van der Waals surface area contributed by atoms with E-state index >= 15 is 0 Å². The molecule has 1 heterocycles. The Kier molecular flexibility index (Phi) is 5.81. The minimum absolute atomic E-state index is 0.0703. The van der Waals surface area contributed by atoms with E-state index in [4.69, 9.17) is 9.15 Å². The molecule has 2 aromatic carbocycles. The number of furan rings is 1. The van der Waals surface area contributed by atoms with Gasteiger partial charge in [0.15, 0.2) is 12.4 Å². The first-order valence-electron chi connectivity index (χ1n) is 8.19. The molecule has 8 heteroatoms. The van der Waals surface area contributed by atoms with Crippen LogP contribution in [-0.4, -0.2) is 24.4 Å². The number of hydrogen-bond donors (Lipinski definition) is 2. The van der Waals surface area contributed by atoms with E-state index in [-0.39, 0.29) is 22.7 Å². The van der Waals surface area contributed by atoms with Gasteiger partial charge >= 0.3 is 5.97 Å². The van der Waals surface area contributed by atoms with Crippen LogP contribution in [0.3, 0.4) is 0 Å². The number of carbonyl (C=O) groups excluding carboxylic acids is 3. The van der Waals surface area contributed by atoms with E-state index < -0.39 is 30.2 Å². The molecule has 2 N–H and O–H groups in total. The molecular formula is C20H15FN2O5. The van der Waals surface area contributed by atoms with E-state index in [1.807, 2.05) is 0 Å². The van der Waals surface area contributed by atoms with E-state index in [0.717, 1.165) is 6.07 Å². The molecule has 0 atom stereocenters. The third-order valence-corrected chi connectivity index (χ3v) is 3.58. The summed E-state index contributed by atoms with van der Waals surface area (Å²) in [6.45, 7) is -0.574. The molecule has 0 unspecified atom stereocenters. The summed E-state index contributed by atoms with van der Waals surface area (Å²) < 4.78 is 23.1. The van der Waals surface area contributed by atoms with Crippen molar-refractivity contribution in [3.63, 3.8) is 0 Å². The van der Waals surface area contributed by atoms with E-state index in [1.165, 1.54) is 42.7 Å². The number of para-hydroxylation sites is 1. The summed E-state index contributed by atoms with van der Waals surface area (Å²) in [6.07, 6.45) is 1.35. The molecule has 0 spiro atoms. The Hall–Kier alpha value is -3.94. The predicted molar refractivity (Wildman–Crippen MR) is 98.4 cm³/mol. The van der Waals surface area contributed by atoms with Gasteiger partial charge in [0, 0.05) is 5.69 Å². The van der Waals surface area contributed by atoms with Crippen molar-refractivity contribution in [2.75, 3.05) is 17.2 Å². The third kappa shape index (κ3) is 4.82. The average molecular weight is 382 g/mol. The fourth-order valence-electron chi connectivity index (χ4n) is 2.33. The van der Waals surface area contributed by atoms with Crippen molar-refractivity contribution in [3.05, 3.63) is 84.1 Å². The molecule has 0 radical (unpaired) electrons. The highest BCUT2D eigenvalue weighted by atomic mass is 19.1. The van der Waals surface area contributed by atoms with Crippen LogP contribution in [0.15, 0.2) is 71.3 Å². The molecule has 7 nitrogen and oxygen atoms in total. The molecule has 0 aliphatic carbocycles. The maximum Gasteiger partial charge on any atom is 0.340 e. The average Bonchev–Trinajstić information content (AvgIpc) is 3.21. The Bertz CT molecular complexity index is 1000. The topological polar surface area (TPSA) is 97.6 Å². The Labute approximate surface area is 159 Å². The fourth-order valence-corrected chi connectivity index (χ4v) is 2.33. The Morgan fingerprint density at radius 1 is 0.964 bits per heavy atom. The summed E-state index contributed by atoms with van der Waals surface area (Å²) in [5, 5.41) is 4.97. The minimum atomic E-state index is -0.801. The molecule has 142 valence electrons. The van der Waals surface area contributed by atoms with Gasteiger partial charge in [-0.1, -0.05) is 18.2 Å².